The van der Waals surface area contributed by atoms with Crippen molar-refractivity contribution in [1.29, 1.82) is 0 Å². The quantitative estimate of drug-likeness (QED) is 0.880. The molecule has 1 amide bonds. The second kappa shape index (κ2) is 6.70. The minimum absolute atomic E-state index is 0.117. The molecule has 1 saturated heterocycles. The van der Waals surface area contributed by atoms with Crippen molar-refractivity contribution >= 4 is 5.91 Å². The molecule has 1 aromatic rings. The highest BCUT2D eigenvalue weighted by Gasteiger charge is 2.24. The first-order chi connectivity index (χ1) is 9.22. The third kappa shape index (κ3) is 3.56. The molecular formula is C14H24N4O. The molecule has 1 aromatic heterocycles. The van der Waals surface area contributed by atoms with E-state index in [9.17, 15) is 4.79 Å². The molecule has 0 spiro atoms. The Bertz CT molecular complexity index is 407. The van der Waals surface area contributed by atoms with Crippen LogP contribution in [0.2, 0.25) is 0 Å². The fourth-order valence-corrected chi connectivity index (χ4v) is 2.65. The topological polar surface area (TPSA) is 64.2 Å². The predicted molar refractivity (Wildman–Crippen MR) is 74.5 cm³/mol. The van der Waals surface area contributed by atoms with Crippen LogP contribution in [-0.4, -0.2) is 40.0 Å². The Kier molecular flexibility index (Phi) is 4.96. The van der Waals surface area contributed by atoms with Gasteiger partial charge in [-0.3, -0.25) is 4.79 Å². The molecule has 1 aliphatic rings. The standard InChI is InChI=1S/C14H24N4O/c1-17-11-16-10-13(17)8-12(9-15)14(19)18-6-4-2-3-5-7-18/h10-12H,2-9,15H2,1H3. The van der Waals surface area contributed by atoms with E-state index in [-0.39, 0.29) is 11.8 Å². The summed E-state index contributed by atoms with van der Waals surface area (Å²) in [4.78, 5) is 18.6. The van der Waals surface area contributed by atoms with Gasteiger partial charge in [-0.1, -0.05) is 12.8 Å². The van der Waals surface area contributed by atoms with Gasteiger partial charge in [0.1, 0.15) is 0 Å². The Balaban J connectivity index is 2.00. The summed E-state index contributed by atoms with van der Waals surface area (Å²) in [5.74, 6) is 0.0964. The summed E-state index contributed by atoms with van der Waals surface area (Å²) in [5.41, 5.74) is 6.88. The van der Waals surface area contributed by atoms with Crippen LogP contribution < -0.4 is 5.73 Å². The molecule has 0 saturated carbocycles. The molecule has 1 aliphatic heterocycles. The Hall–Kier alpha value is -1.36. The smallest absolute Gasteiger partial charge is 0.227 e. The van der Waals surface area contributed by atoms with Gasteiger partial charge in [0, 0.05) is 45.0 Å². The van der Waals surface area contributed by atoms with Crippen LogP contribution in [0.3, 0.4) is 0 Å². The van der Waals surface area contributed by atoms with Crippen molar-refractivity contribution in [2.75, 3.05) is 19.6 Å². The summed E-state index contributed by atoms with van der Waals surface area (Å²) in [5, 5.41) is 0. The lowest BCUT2D eigenvalue weighted by molar-refractivity contribution is -0.135. The van der Waals surface area contributed by atoms with Gasteiger partial charge in [-0.2, -0.15) is 0 Å². The second-order valence-corrected chi connectivity index (χ2v) is 5.37. The number of hydrogen-bond acceptors (Lipinski definition) is 3. The van der Waals surface area contributed by atoms with E-state index >= 15 is 0 Å². The molecule has 2 rings (SSSR count). The molecule has 5 nitrogen and oxygen atoms in total. The molecule has 5 heteroatoms. The summed E-state index contributed by atoms with van der Waals surface area (Å²) < 4.78 is 1.96. The normalized spacial score (nSPS) is 18.1. The van der Waals surface area contributed by atoms with Crippen molar-refractivity contribution in [3.05, 3.63) is 18.2 Å². The highest BCUT2D eigenvalue weighted by Crippen LogP contribution is 2.15. The third-order valence-corrected chi connectivity index (χ3v) is 3.92. The number of carbonyl (C=O) groups excluding carboxylic acids is 1. The zero-order valence-corrected chi connectivity index (χ0v) is 11.7. The largest absolute Gasteiger partial charge is 0.342 e. The molecule has 1 unspecified atom stereocenters. The highest BCUT2D eigenvalue weighted by atomic mass is 16.2. The third-order valence-electron chi connectivity index (χ3n) is 3.92. The number of rotatable bonds is 4. The SMILES string of the molecule is Cn1cncc1CC(CN)C(=O)N1CCCCCC1. The number of hydrogen-bond donors (Lipinski definition) is 1. The van der Waals surface area contributed by atoms with Gasteiger partial charge in [0.05, 0.1) is 12.2 Å². The van der Waals surface area contributed by atoms with Crippen molar-refractivity contribution in [3.63, 3.8) is 0 Å². The van der Waals surface area contributed by atoms with Gasteiger partial charge in [-0.15, -0.1) is 0 Å². The van der Waals surface area contributed by atoms with E-state index in [0.717, 1.165) is 31.6 Å². The van der Waals surface area contributed by atoms with E-state index in [4.69, 9.17) is 5.73 Å². The van der Waals surface area contributed by atoms with E-state index in [1.165, 1.54) is 12.8 Å². The first kappa shape index (κ1) is 14.1. The fourth-order valence-electron chi connectivity index (χ4n) is 2.65. The average Bonchev–Trinajstić information content (AvgIpc) is 2.68. The molecule has 1 atom stereocenters. The molecule has 2 heterocycles. The lowest BCUT2D eigenvalue weighted by Crippen LogP contribution is -2.40. The molecule has 0 aliphatic carbocycles. The number of imidazole rings is 1. The van der Waals surface area contributed by atoms with Crippen molar-refractivity contribution in [2.45, 2.75) is 32.1 Å². The van der Waals surface area contributed by atoms with Crippen LogP contribution >= 0.6 is 0 Å². The molecule has 0 radical (unpaired) electrons. The van der Waals surface area contributed by atoms with Crippen LogP contribution in [0, 0.1) is 5.92 Å². The lowest BCUT2D eigenvalue weighted by atomic mass is 10.0. The van der Waals surface area contributed by atoms with Gasteiger partial charge in [-0.25, -0.2) is 4.98 Å². The Labute approximate surface area is 114 Å². The lowest BCUT2D eigenvalue weighted by Gasteiger charge is -2.25. The summed E-state index contributed by atoms with van der Waals surface area (Å²) >= 11 is 0. The number of carbonyl (C=O) groups is 1. The van der Waals surface area contributed by atoms with Gasteiger partial charge >= 0.3 is 0 Å². The Morgan fingerprint density at radius 2 is 2.05 bits per heavy atom. The summed E-state index contributed by atoms with van der Waals surface area (Å²) in [6, 6.07) is 0. The van der Waals surface area contributed by atoms with E-state index in [1.54, 1.807) is 6.33 Å². The van der Waals surface area contributed by atoms with Gasteiger partial charge in [0.25, 0.3) is 0 Å². The monoisotopic (exact) mass is 264 g/mol. The molecule has 19 heavy (non-hydrogen) atoms. The van der Waals surface area contributed by atoms with E-state index in [1.807, 2.05) is 22.7 Å². The maximum atomic E-state index is 12.5. The number of nitrogens with zero attached hydrogens (tertiary/aromatic N) is 3. The molecule has 1 fully saturated rings. The fraction of sp³-hybridized carbons (Fsp3) is 0.714. The Morgan fingerprint density at radius 3 is 2.58 bits per heavy atom. The molecule has 0 aromatic carbocycles. The van der Waals surface area contributed by atoms with Gasteiger partial charge in [0.2, 0.25) is 5.91 Å². The highest BCUT2D eigenvalue weighted by molar-refractivity contribution is 5.79. The number of nitrogens with two attached hydrogens (primary N) is 1. The van der Waals surface area contributed by atoms with Crippen LogP contribution in [0.5, 0.6) is 0 Å². The molecular weight excluding hydrogens is 240 g/mol. The van der Waals surface area contributed by atoms with Crippen molar-refractivity contribution < 1.29 is 4.79 Å². The summed E-state index contributed by atoms with van der Waals surface area (Å²) in [7, 11) is 1.95. The minimum Gasteiger partial charge on any atom is -0.342 e. The van der Waals surface area contributed by atoms with Crippen LogP contribution in [-0.2, 0) is 18.3 Å². The van der Waals surface area contributed by atoms with Crippen molar-refractivity contribution in [1.82, 2.24) is 14.5 Å². The van der Waals surface area contributed by atoms with Gasteiger partial charge in [0.15, 0.2) is 0 Å². The zero-order valence-electron chi connectivity index (χ0n) is 11.7. The molecule has 2 N–H and O–H groups in total. The van der Waals surface area contributed by atoms with Crippen LogP contribution in [0.4, 0.5) is 0 Å². The van der Waals surface area contributed by atoms with Crippen LogP contribution in [0.25, 0.3) is 0 Å². The van der Waals surface area contributed by atoms with Crippen molar-refractivity contribution in [2.24, 2.45) is 18.7 Å². The molecule has 0 bridgehead atoms. The van der Waals surface area contributed by atoms with Gasteiger partial charge < -0.3 is 15.2 Å². The number of amides is 1. The zero-order chi connectivity index (χ0) is 13.7. The van der Waals surface area contributed by atoms with E-state index in [0.29, 0.717) is 13.0 Å². The molecule has 106 valence electrons. The van der Waals surface area contributed by atoms with E-state index < -0.39 is 0 Å². The summed E-state index contributed by atoms with van der Waals surface area (Å²) in [6.45, 7) is 2.18. The predicted octanol–water partition coefficient (Wildman–Crippen LogP) is 0.940. The van der Waals surface area contributed by atoms with Crippen molar-refractivity contribution in [3.8, 4) is 0 Å². The van der Waals surface area contributed by atoms with Crippen LogP contribution in [0.15, 0.2) is 12.5 Å². The summed E-state index contributed by atoms with van der Waals surface area (Å²) in [6.07, 6.45) is 8.97. The minimum atomic E-state index is -0.117. The first-order valence-corrected chi connectivity index (χ1v) is 7.16. The maximum Gasteiger partial charge on any atom is 0.227 e. The van der Waals surface area contributed by atoms with Crippen LogP contribution in [0.1, 0.15) is 31.4 Å². The van der Waals surface area contributed by atoms with E-state index in [2.05, 4.69) is 4.98 Å². The second-order valence-electron chi connectivity index (χ2n) is 5.37. The first-order valence-electron chi connectivity index (χ1n) is 7.16. The number of likely N-dealkylation sites (tertiary alicyclic amines) is 1. The van der Waals surface area contributed by atoms with Gasteiger partial charge in [-0.05, 0) is 12.8 Å². The number of aryl methyl sites for hydroxylation is 1. The maximum absolute atomic E-state index is 12.5. The number of aromatic nitrogens is 2. The average molecular weight is 264 g/mol. The Morgan fingerprint density at radius 1 is 1.37 bits per heavy atom.